The van der Waals surface area contributed by atoms with Crippen molar-refractivity contribution in [3.8, 4) is 5.75 Å². The van der Waals surface area contributed by atoms with Crippen LogP contribution < -0.4 is 15.4 Å². The van der Waals surface area contributed by atoms with Gasteiger partial charge in [-0.1, -0.05) is 25.0 Å². The van der Waals surface area contributed by atoms with Gasteiger partial charge in [0.05, 0.1) is 5.69 Å². The Labute approximate surface area is 142 Å². The van der Waals surface area contributed by atoms with E-state index in [1.54, 1.807) is 0 Å². The van der Waals surface area contributed by atoms with Crippen molar-refractivity contribution in [2.75, 3.05) is 23.8 Å². The summed E-state index contributed by atoms with van der Waals surface area (Å²) in [5.74, 6) is 1.43. The van der Waals surface area contributed by atoms with E-state index >= 15 is 0 Å². The molecule has 0 atom stereocenters. The van der Waals surface area contributed by atoms with Crippen LogP contribution in [0.4, 0.5) is 11.4 Å². The van der Waals surface area contributed by atoms with Crippen molar-refractivity contribution >= 4 is 17.3 Å². The Kier molecular flexibility index (Phi) is 4.11. The van der Waals surface area contributed by atoms with Crippen LogP contribution in [-0.2, 0) is 0 Å². The summed E-state index contributed by atoms with van der Waals surface area (Å²) in [6.07, 6.45) is 5.19. The minimum atomic E-state index is -0.0790. The SMILES string of the molecule is O=C(Nc1ccc2c(c1)NCCO2)c1ccc(C2CCCC2)cc1. The lowest BCUT2D eigenvalue weighted by Gasteiger charge is -2.19. The summed E-state index contributed by atoms with van der Waals surface area (Å²) in [4.78, 5) is 12.5. The van der Waals surface area contributed by atoms with E-state index in [-0.39, 0.29) is 5.91 Å². The topological polar surface area (TPSA) is 50.4 Å². The fourth-order valence-corrected chi connectivity index (χ4v) is 3.59. The molecule has 0 radical (unpaired) electrons. The molecule has 24 heavy (non-hydrogen) atoms. The van der Waals surface area contributed by atoms with Gasteiger partial charge in [0.15, 0.2) is 0 Å². The average Bonchev–Trinajstić information content (AvgIpc) is 3.16. The number of carbonyl (C=O) groups excluding carboxylic acids is 1. The number of rotatable bonds is 3. The summed E-state index contributed by atoms with van der Waals surface area (Å²) in [7, 11) is 0. The molecule has 2 aromatic carbocycles. The number of ether oxygens (including phenoxy) is 1. The number of benzene rings is 2. The van der Waals surface area contributed by atoms with Crippen molar-refractivity contribution in [3.05, 3.63) is 53.6 Å². The minimum absolute atomic E-state index is 0.0790. The first-order valence-corrected chi connectivity index (χ1v) is 8.72. The molecule has 4 heteroatoms. The van der Waals surface area contributed by atoms with Gasteiger partial charge in [0.1, 0.15) is 12.4 Å². The van der Waals surface area contributed by atoms with Gasteiger partial charge in [-0.25, -0.2) is 0 Å². The van der Waals surface area contributed by atoms with Gasteiger partial charge in [-0.15, -0.1) is 0 Å². The third kappa shape index (κ3) is 3.09. The molecule has 1 saturated carbocycles. The van der Waals surface area contributed by atoms with Crippen LogP contribution in [0.1, 0.15) is 47.5 Å². The third-order valence-electron chi connectivity index (χ3n) is 4.91. The first-order chi connectivity index (χ1) is 11.8. The molecule has 4 rings (SSSR count). The largest absolute Gasteiger partial charge is 0.490 e. The second-order valence-electron chi connectivity index (χ2n) is 6.54. The van der Waals surface area contributed by atoms with E-state index in [4.69, 9.17) is 4.74 Å². The molecule has 0 spiro atoms. The fourth-order valence-electron chi connectivity index (χ4n) is 3.59. The number of amides is 1. The molecule has 1 heterocycles. The Morgan fingerprint density at radius 2 is 1.88 bits per heavy atom. The Morgan fingerprint density at radius 1 is 1.08 bits per heavy atom. The number of anilines is 2. The molecule has 2 N–H and O–H groups in total. The molecule has 1 aliphatic carbocycles. The molecule has 2 aliphatic rings. The average molecular weight is 322 g/mol. The molecule has 4 nitrogen and oxygen atoms in total. The second-order valence-corrected chi connectivity index (χ2v) is 6.54. The van der Waals surface area contributed by atoms with E-state index in [0.29, 0.717) is 18.1 Å². The molecular weight excluding hydrogens is 300 g/mol. The molecule has 1 aliphatic heterocycles. The lowest BCUT2D eigenvalue weighted by Crippen LogP contribution is -2.18. The van der Waals surface area contributed by atoms with Gasteiger partial charge in [-0.05, 0) is 54.7 Å². The number of fused-ring (bicyclic) bond motifs is 1. The van der Waals surface area contributed by atoms with Gasteiger partial charge in [0.25, 0.3) is 5.91 Å². The van der Waals surface area contributed by atoms with Crippen LogP contribution in [0.3, 0.4) is 0 Å². The van der Waals surface area contributed by atoms with E-state index in [2.05, 4.69) is 22.8 Å². The van der Waals surface area contributed by atoms with Crippen LogP contribution in [-0.4, -0.2) is 19.1 Å². The van der Waals surface area contributed by atoms with Gasteiger partial charge in [0.2, 0.25) is 0 Å². The zero-order valence-electron chi connectivity index (χ0n) is 13.7. The molecule has 0 unspecified atom stereocenters. The van der Waals surface area contributed by atoms with Crippen molar-refractivity contribution in [1.82, 2.24) is 0 Å². The van der Waals surface area contributed by atoms with Gasteiger partial charge in [-0.2, -0.15) is 0 Å². The van der Waals surface area contributed by atoms with Crippen LogP contribution in [0.15, 0.2) is 42.5 Å². The zero-order chi connectivity index (χ0) is 16.4. The van der Waals surface area contributed by atoms with Gasteiger partial charge in [-0.3, -0.25) is 4.79 Å². The predicted octanol–water partition coefficient (Wildman–Crippen LogP) is 4.40. The van der Waals surface area contributed by atoms with Crippen molar-refractivity contribution in [2.45, 2.75) is 31.6 Å². The molecule has 0 saturated heterocycles. The smallest absolute Gasteiger partial charge is 0.255 e. The quantitative estimate of drug-likeness (QED) is 0.880. The normalized spacial score (nSPS) is 16.8. The van der Waals surface area contributed by atoms with Gasteiger partial charge >= 0.3 is 0 Å². The molecule has 2 aromatic rings. The maximum Gasteiger partial charge on any atom is 0.255 e. The maximum atomic E-state index is 12.5. The lowest BCUT2D eigenvalue weighted by molar-refractivity contribution is 0.102. The van der Waals surface area contributed by atoms with Crippen molar-refractivity contribution in [3.63, 3.8) is 0 Å². The molecule has 1 amide bonds. The Morgan fingerprint density at radius 3 is 2.67 bits per heavy atom. The molecule has 1 fully saturated rings. The third-order valence-corrected chi connectivity index (χ3v) is 4.91. The van der Waals surface area contributed by atoms with E-state index in [9.17, 15) is 4.79 Å². The van der Waals surface area contributed by atoms with Crippen molar-refractivity contribution in [2.24, 2.45) is 0 Å². The van der Waals surface area contributed by atoms with E-state index in [0.717, 1.165) is 23.7 Å². The standard InChI is InChI=1S/C20H22N2O2/c23-20(16-7-5-15(6-8-16)14-3-1-2-4-14)22-17-9-10-19-18(13-17)21-11-12-24-19/h5-10,13-14,21H,1-4,11-12H2,(H,22,23). The summed E-state index contributed by atoms with van der Waals surface area (Å²) >= 11 is 0. The van der Waals surface area contributed by atoms with Crippen LogP contribution >= 0.6 is 0 Å². The maximum absolute atomic E-state index is 12.5. The second kappa shape index (κ2) is 6.56. The molecular formula is C20H22N2O2. The number of nitrogens with one attached hydrogen (secondary N) is 2. The van der Waals surface area contributed by atoms with Crippen molar-refractivity contribution in [1.29, 1.82) is 0 Å². The minimum Gasteiger partial charge on any atom is -0.490 e. The van der Waals surface area contributed by atoms with Gasteiger partial charge < -0.3 is 15.4 Å². The fraction of sp³-hybridized carbons (Fsp3) is 0.350. The monoisotopic (exact) mass is 322 g/mol. The molecule has 0 bridgehead atoms. The highest BCUT2D eigenvalue weighted by molar-refractivity contribution is 6.04. The van der Waals surface area contributed by atoms with Crippen LogP contribution in [0, 0.1) is 0 Å². The number of hydrogen-bond donors (Lipinski definition) is 2. The van der Waals surface area contributed by atoms with E-state index in [1.165, 1.54) is 31.2 Å². The zero-order valence-corrected chi connectivity index (χ0v) is 13.7. The van der Waals surface area contributed by atoms with E-state index < -0.39 is 0 Å². The summed E-state index contributed by atoms with van der Waals surface area (Å²) < 4.78 is 5.55. The Balaban J connectivity index is 1.45. The first-order valence-electron chi connectivity index (χ1n) is 8.72. The summed E-state index contributed by atoms with van der Waals surface area (Å²) in [5.41, 5.74) is 3.75. The van der Waals surface area contributed by atoms with Crippen molar-refractivity contribution < 1.29 is 9.53 Å². The number of carbonyl (C=O) groups is 1. The summed E-state index contributed by atoms with van der Waals surface area (Å²) in [5, 5.41) is 6.24. The summed E-state index contributed by atoms with van der Waals surface area (Å²) in [6, 6.07) is 13.8. The highest BCUT2D eigenvalue weighted by Gasteiger charge is 2.17. The highest BCUT2D eigenvalue weighted by atomic mass is 16.5. The Bertz CT molecular complexity index is 734. The lowest BCUT2D eigenvalue weighted by atomic mass is 9.96. The predicted molar refractivity (Wildman–Crippen MR) is 96.0 cm³/mol. The van der Waals surface area contributed by atoms with Crippen LogP contribution in [0.25, 0.3) is 0 Å². The molecule has 124 valence electrons. The summed E-state index contributed by atoms with van der Waals surface area (Å²) in [6.45, 7) is 1.46. The van der Waals surface area contributed by atoms with Gasteiger partial charge in [0, 0.05) is 17.8 Å². The molecule has 0 aromatic heterocycles. The van der Waals surface area contributed by atoms with E-state index in [1.807, 2.05) is 30.3 Å². The van der Waals surface area contributed by atoms with Crippen LogP contribution in [0.2, 0.25) is 0 Å². The Hall–Kier alpha value is -2.49. The number of hydrogen-bond acceptors (Lipinski definition) is 3. The van der Waals surface area contributed by atoms with Crippen LogP contribution in [0.5, 0.6) is 5.75 Å². The highest BCUT2D eigenvalue weighted by Crippen LogP contribution is 2.34. The first kappa shape index (κ1) is 15.1.